The first kappa shape index (κ1) is 26.7. The van der Waals surface area contributed by atoms with E-state index in [1.165, 1.54) is 16.3 Å². The molecule has 1 N–H and O–H groups in total. The molecular formula is C24H32ClN3O4S. The summed E-state index contributed by atoms with van der Waals surface area (Å²) in [6.45, 7) is 5.80. The molecule has 0 aliphatic rings. The fourth-order valence-electron chi connectivity index (χ4n) is 3.59. The Morgan fingerprint density at radius 1 is 1.09 bits per heavy atom. The number of likely N-dealkylation sites (N-methyl/N-ethyl adjacent to an activating group) is 1. The molecule has 33 heavy (non-hydrogen) atoms. The molecule has 0 saturated carbocycles. The Morgan fingerprint density at radius 2 is 1.76 bits per heavy atom. The van der Waals surface area contributed by atoms with Crippen LogP contribution < -0.4 is 9.62 Å². The first-order valence-corrected chi connectivity index (χ1v) is 13.0. The largest absolute Gasteiger partial charge is 0.357 e. The van der Waals surface area contributed by atoms with Crippen LogP contribution in [0.2, 0.25) is 5.02 Å². The van der Waals surface area contributed by atoms with Crippen LogP contribution in [0.25, 0.3) is 0 Å². The minimum Gasteiger partial charge on any atom is -0.357 e. The van der Waals surface area contributed by atoms with Gasteiger partial charge in [0, 0.05) is 31.6 Å². The average molecular weight is 494 g/mol. The van der Waals surface area contributed by atoms with Gasteiger partial charge in [-0.3, -0.25) is 13.9 Å². The predicted molar refractivity (Wildman–Crippen MR) is 133 cm³/mol. The Morgan fingerprint density at radius 3 is 2.36 bits per heavy atom. The van der Waals surface area contributed by atoms with E-state index in [1.54, 1.807) is 25.1 Å². The molecule has 1 atom stereocenters. The predicted octanol–water partition coefficient (Wildman–Crippen LogP) is 3.67. The van der Waals surface area contributed by atoms with Gasteiger partial charge in [-0.05, 0) is 56.0 Å². The number of nitrogens with zero attached hydrogens (tertiary/aromatic N) is 2. The number of nitrogens with one attached hydrogen (secondary N) is 1. The lowest BCUT2D eigenvalue weighted by Gasteiger charge is -2.29. The first-order valence-electron chi connectivity index (χ1n) is 10.8. The summed E-state index contributed by atoms with van der Waals surface area (Å²) in [6.07, 6.45) is 1.55. The highest BCUT2D eigenvalue weighted by atomic mass is 35.5. The van der Waals surface area contributed by atoms with Gasteiger partial charge < -0.3 is 10.2 Å². The molecule has 180 valence electrons. The SMILES string of the molecule is CNC(=O)[C@@H](C)N(Cc1ccccc1Cl)C(=O)CCCN(c1cccc(C)c1C)S(C)(=O)=O. The van der Waals surface area contributed by atoms with Crippen molar-refractivity contribution in [1.82, 2.24) is 10.2 Å². The van der Waals surface area contributed by atoms with Crippen molar-refractivity contribution in [2.24, 2.45) is 0 Å². The van der Waals surface area contributed by atoms with Crippen LogP contribution in [0.1, 0.15) is 36.5 Å². The number of carbonyl (C=O) groups is 2. The van der Waals surface area contributed by atoms with E-state index >= 15 is 0 Å². The molecule has 0 fully saturated rings. The number of benzene rings is 2. The maximum Gasteiger partial charge on any atom is 0.242 e. The number of sulfonamides is 1. The normalized spacial score (nSPS) is 12.2. The number of amides is 2. The molecular weight excluding hydrogens is 462 g/mol. The number of carbonyl (C=O) groups excluding carboxylic acids is 2. The van der Waals surface area contributed by atoms with Gasteiger partial charge in [0.15, 0.2) is 0 Å². The number of hydrogen-bond donors (Lipinski definition) is 1. The lowest BCUT2D eigenvalue weighted by molar-refractivity contribution is -0.140. The second kappa shape index (κ2) is 11.5. The standard InChI is InChI=1S/C24H32ClN3O4S/c1-17-10-8-13-22(18(17)2)28(33(5,31)32)15-9-14-23(29)27(19(3)24(30)26-4)16-20-11-6-7-12-21(20)25/h6-8,10-13,19H,9,14-16H2,1-5H3,(H,26,30)/t19-/m1/s1. The van der Waals surface area contributed by atoms with Crippen LogP contribution in [-0.2, 0) is 26.2 Å². The molecule has 9 heteroatoms. The Hall–Kier alpha value is -2.58. The van der Waals surface area contributed by atoms with E-state index in [0.717, 1.165) is 22.9 Å². The zero-order valence-electron chi connectivity index (χ0n) is 19.8. The quantitative estimate of drug-likeness (QED) is 0.547. The third-order valence-electron chi connectivity index (χ3n) is 5.71. The molecule has 0 bridgehead atoms. The molecule has 2 aromatic rings. The highest BCUT2D eigenvalue weighted by molar-refractivity contribution is 7.92. The Labute approximate surface area is 201 Å². The van der Waals surface area contributed by atoms with E-state index in [4.69, 9.17) is 11.6 Å². The first-order chi connectivity index (χ1) is 15.5. The van der Waals surface area contributed by atoms with Crippen molar-refractivity contribution >= 4 is 39.1 Å². The van der Waals surface area contributed by atoms with Gasteiger partial charge in [0.05, 0.1) is 11.9 Å². The van der Waals surface area contributed by atoms with E-state index in [2.05, 4.69) is 5.32 Å². The molecule has 0 aliphatic carbocycles. The maximum absolute atomic E-state index is 13.1. The average Bonchev–Trinajstić information content (AvgIpc) is 2.76. The van der Waals surface area contributed by atoms with Crippen LogP contribution >= 0.6 is 11.6 Å². The highest BCUT2D eigenvalue weighted by Crippen LogP contribution is 2.26. The molecule has 2 aromatic carbocycles. The Bertz CT molecular complexity index is 1100. The van der Waals surface area contributed by atoms with Crippen molar-refractivity contribution in [2.45, 2.75) is 46.2 Å². The summed E-state index contributed by atoms with van der Waals surface area (Å²) < 4.78 is 26.3. The van der Waals surface area contributed by atoms with Crippen LogP contribution in [0.5, 0.6) is 0 Å². The number of hydrogen-bond acceptors (Lipinski definition) is 4. The fourth-order valence-corrected chi connectivity index (χ4v) is 4.80. The molecule has 0 aliphatic heterocycles. The third-order valence-corrected chi connectivity index (χ3v) is 7.26. The van der Waals surface area contributed by atoms with Crippen LogP contribution in [0.15, 0.2) is 42.5 Å². The van der Waals surface area contributed by atoms with Gasteiger partial charge in [0.2, 0.25) is 21.8 Å². The maximum atomic E-state index is 13.1. The van der Waals surface area contributed by atoms with Crippen molar-refractivity contribution in [3.63, 3.8) is 0 Å². The van der Waals surface area contributed by atoms with E-state index in [0.29, 0.717) is 17.1 Å². The molecule has 2 amide bonds. The zero-order valence-corrected chi connectivity index (χ0v) is 21.3. The topological polar surface area (TPSA) is 86.8 Å². The number of anilines is 1. The van der Waals surface area contributed by atoms with Gasteiger partial charge in [0.1, 0.15) is 6.04 Å². The number of rotatable bonds is 10. The molecule has 7 nitrogen and oxygen atoms in total. The zero-order chi connectivity index (χ0) is 24.8. The molecule has 0 aromatic heterocycles. The summed E-state index contributed by atoms with van der Waals surface area (Å²) >= 11 is 6.27. The van der Waals surface area contributed by atoms with Gasteiger partial charge in [0.25, 0.3) is 0 Å². The van der Waals surface area contributed by atoms with E-state index in [-0.39, 0.29) is 31.3 Å². The summed E-state index contributed by atoms with van der Waals surface area (Å²) in [6, 6.07) is 12.0. The summed E-state index contributed by atoms with van der Waals surface area (Å²) in [4.78, 5) is 26.9. The van der Waals surface area contributed by atoms with Gasteiger partial charge in [-0.25, -0.2) is 8.42 Å². The monoisotopic (exact) mass is 493 g/mol. The molecule has 0 heterocycles. The van der Waals surface area contributed by atoms with Crippen molar-refractivity contribution in [1.29, 1.82) is 0 Å². The lowest BCUT2D eigenvalue weighted by atomic mass is 10.1. The van der Waals surface area contributed by atoms with E-state index in [9.17, 15) is 18.0 Å². The second-order valence-corrected chi connectivity index (χ2v) is 10.4. The Kier molecular flexibility index (Phi) is 9.31. The number of halogens is 1. The van der Waals surface area contributed by atoms with Gasteiger partial charge in [-0.2, -0.15) is 0 Å². The molecule has 0 unspecified atom stereocenters. The number of aryl methyl sites for hydroxylation is 1. The second-order valence-electron chi connectivity index (χ2n) is 8.06. The van der Waals surface area contributed by atoms with E-state index < -0.39 is 16.1 Å². The minimum absolute atomic E-state index is 0.0860. The van der Waals surface area contributed by atoms with Crippen LogP contribution in [-0.4, -0.2) is 51.0 Å². The van der Waals surface area contributed by atoms with Crippen LogP contribution in [0.4, 0.5) is 5.69 Å². The van der Waals surface area contributed by atoms with Crippen molar-refractivity contribution in [3.05, 3.63) is 64.2 Å². The molecule has 0 spiro atoms. The van der Waals surface area contributed by atoms with Gasteiger partial charge >= 0.3 is 0 Å². The van der Waals surface area contributed by atoms with E-state index in [1.807, 2.05) is 38.1 Å². The van der Waals surface area contributed by atoms with Gasteiger partial charge in [-0.1, -0.05) is 41.9 Å². The lowest BCUT2D eigenvalue weighted by Crippen LogP contribution is -2.46. The Balaban J connectivity index is 2.19. The third kappa shape index (κ3) is 6.95. The highest BCUT2D eigenvalue weighted by Gasteiger charge is 2.26. The summed E-state index contributed by atoms with van der Waals surface area (Å²) in [5, 5.41) is 3.09. The summed E-state index contributed by atoms with van der Waals surface area (Å²) in [5.74, 6) is -0.538. The molecule has 2 rings (SSSR count). The van der Waals surface area contributed by atoms with Crippen molar-refractivity contribution in [3.8, 4) is 0 Å². The van der Waals surface area contributed by atoms with Crippen LogP contribution in [0.3, 0.4) is 0 Å². The minimum atomic E-state index is -3.54. The van der Waals surface area contributed by atoms with Crippen molar-refractivity contribution in [2.75, 3.05) is 24.2 Å². The fraction of sp³-hybridized carbons (Fsp3) is 0.417. The molecule has 0 saturated heterocycles. The molecule has 0 radical (unpaired) electrons. The summed E-state index contributed by atoms with van der Waals surface area (Å²) in [7, 11) is -2.02. The van der Waals surface area contributed by atoms with Crippen molar-refractivity contribution < 1.29 is 18.0 Å². The van der Waals surface area contributed by atoms with Gasteiger partial charge in [-0.15, -0.1) is 0 Å². The van der Waals surface area contributed by atoms with Crippen LogP contribution in [0, 0.1) is 13.8 Å². The smallest absolute Gasteiger partial charge is 0.242 e. The summed E-state index contributed by atoms with van der Waals surface area (Å²) in [5.41, 5.74) is 3.21.